The third-order valence-electron chi connectivity index (χ3n) is 3.45. The van der Waals surface area contributed by atoms with Crippen LogP contribution in [0.3, 0.4) is 0 Å². The molecule has 24 heavy (non-hydrogen) atoms. The number of aromatic nitrogens is 1. The van der Waals surface area contributed by atoms with E-state index in [4.69, 9.17) is 0 Å². The van der Waals surface area contributed by atoms with Crippen LogP contribution in [0.5, 0.6) is 0 Å². The largest absolute Gasteiger partial charge is 0.748 e. The molecule has 2 rings (SSSR count). The summed E-state index contributed by atoms with van der Waals surface area (Å²) < 4.78 is 33.7. The molecular formula is C17H21N3O3S. The van der Waals surface area contributed by atoms with E-state index in [0.29, 0.717) is 19.4 Å². The average Bonchev–Trinajstić information content (AvgIpc) is 2.57. The second kappa shape index (κ2) is 8.56. The van der Waals surface area contributed by atoms with Crippen molar-refractivity contribution < 1.29 is 17.5 Å². The van der Waals surface area contributed by atoms with Crippen LogP contribution in [0.4, 0.5) is 5.69 Å². The number of hydrogen-bond donors (Lipinski definition) is 0. The lowest BCUT2D eigenvalue weighted by Crippen LogP contribution is -2.33. The Morgan fingerprint density at radius 3 is 2.62 bits per heavy atom. The predicted octanol–water partition coefficient (Wildman–Crippen LogP) is 1.77. The maximum absolute atomic E-state index is 10.6. The van der Waals surface area contributed by atoms with Gasteiger partial charge in [-0.3, -0.25) is 5.01 Å². The van der Waals surface area contributed by atoms with Gasteiger partial charge in [-0.25, -0.2) is 13.0 Å². The summed E-state index contributed by atoms with van der Waals surface area (Å²) in [6.45, 7) is 0.658. The first-order valence-electron chi connectivity index (χ1n) is 7.69. The summed E-state index contributed by atoms with van der Waals surface area (Å²) in [5, 5.41) is 6.20. The fourth-order valence-electron chi connectivity index (χ4n) is 2.19. The summed E-state index contributed by atoms with van der Waals surface area (Å²) >= 11 is 0. The maximum Gasteiger partial charge on any atom is 0.177 e. The number of anilines is 1. The van der Waals surface area contributed by atoms with Gasteiger partial charge in [0.25, 0.3) is 0 Å². The first kappa shape index (κ1) is 18.1. The average molecular weight is 347 g/mol. The first-order valence-corrected chi connectivity index (χ1v) is 9.27. The standard InChI is InChI=1S/C17H21N3O3S/c1-19(17-9-3-2-4-10-17)18-14-16-8-7-12-20(15-16)11-5-6-13-24(21,22)23/h2-4,7-10,12,14-15H,5-6,11,13H2,1H3. The van der Waals surface area contributed by atoms with E-state index >= 15 is 0 Å². The van der Waals surface area contributed by atoms with Crippen LogP contribution < -0.4 is 9.58 Å². The van der Waals surface area contributed by atoms with E-state index in [1.165, 1.54) is 0 Å². The van der Waals surface area contributed by atoms with Gasteiger partial charge in [0.2, 0.25) is 0 Å². The minimum atomic E-state index is -4.12. The predicted molar refractivity (Wildman–Crippen MR) is 92.9 cm³/mol. The molecule has 1 aromatic carbocycles. The van der Waals surface area contributed by atoms with Crippen LogP contribution in [0, 0.1) is 0 Å². The molecule has 128 valence electrons. The summed E-state index contributed by atoms with van der Waals surface area (Å²) in [6, 6.07) is 13.7. The van der Waals surface area contributed by atoms with Crippen molar-refractivity contribution in [1.82, 2.24) is 0 Å². The van der Waals surface area contributed by atoms with E-state index in [2.05, 4.69) is 5.10 Å². The smallest absolute Gasteiger partial charge is 0.177 e. The van der Waals surface area contributed by atoms with E-state index < -0.39 is 10.1 Å². The molecule has 0 aliphatic rings. The molecule has 0 aliphatic carbocycles. The molecule has 0 amide bonds. The zero-order chi connectivity index (χ0) is 17.4. The van der Waals surface area contributed by atoms with Gasteiger partial charge in [0.1, 0.15) is 6.54 Å². The van der Waals surface area contributed by atoms with Crippen LogP contribution in [0.1, 0.15) is 18.4 Å². The second-order valence-electron chi connectivity index (χ2n) is 5.45. The molecule has 7 heteroatoms. The number of aryl methyl sites for hydroxylation is 1. The molecular weight excluding hydrogens is 326 g/mol. The number of rotatable bonds is 8. The molecule has 0 N–H and O–H groups in total. The summed E-state index contributed by atoms with van der Waals surface area (Å²) in [4.78, 5) is 0. The van der Waals surface area contributed by atoms with Crippen molar-refractivity contribution in [3.63, 3.8) is 0 Å². The molecule has 0 unspecified atom stereocenters. The monoisotopic (exact) mass is 347 g/mol. The molecule has 1 heterocycles. The van der Waals surface area contributed by atoms with Gasteiger partial charge in [0.15, 0.2) is 12.4 Å². The van der Waals surface area contributed by atoms with Crippen molar-refractivity contribution in [3.05, 3.63) is 60.4 Å². The van der Waals surface area contributed by atoms with E-state index in [9.17, 15) is 13.0 Å². The molecule has 0 saturated carbocycles. The highest BCUT2D eigenvalue weighted by atomic mass is 32.2. The van der Waals surface area contributed by atoms with E-state index in [0.717, 1.165) is 11.3 Å². The SMILES string of the molecule is CN(N=Cc1ccc[n+](CCCCS(=O)(=O)[O-])c1)c1ccccc1. The zero-order valence-corrected chi connectivity index (χ0v) is 14.4. The van der Waals surface area contributed by atoms with Crippen molar-refractivity contribution in [1.29, 1.82) is 0 Å². The molecule has 2 aromatic rings. The topological polar surface area (TPSA) is 76.7 Å². The van der Waals surface area contributed by atoms with Crippen LogP contribution in [-0.4, -0.2) is 32.0 Å². The normalized spacial score (nSPS) is 11.8. The van der Waals surface area contributed by atoms with Gasteiger partial charge in [0.05, 0.1) is 27.6 Å². The molecule has 0 bridgehead atoms. The van der Waals surface area contributed by atoms with Crippen molar-refractivity contribution >= 4 is 22.0 Å². The summed E-state index contributed by atoms with van der Waals surface area (Å²) in [5.41, 5.74) is 1.94. The van der Waals surface area contributed by atoms with E-state index in [-0.39, 0.29) is 5.75 Å². The van der Waals surface area contributed by atoms with Gasteiger partial charge < -0.3 is 4.55 Å². The first-order chi connectivity index (χ1) is 11.4. The maximum atomic E-state index is 10.6. The van der Waals surface area contributed by atoms with Gasteiger partial charge in [-0.1, -0.05) is 18.2 Å². The van der Waals surface area contributed by atoms with Crippen LogP contribution in [0.15, 0.2) is 60.0 Å². The number of unbranched alkanes of at least 4 members (excludes halogenated alkanes) is 1. The van der Waals surface area contributed by atoms with Crippen LogP contribution in [0.2, 0.25) is 0 Å². The van der Waals surface area contributed by atoms with Gasteiger partial charge in [-0.15, -0.1) is 0 Å². The number of hydrazone groups is 1. The van der Waals surface area contributed by atoms with Gasteiger partial charge in [-0.05, 0) is 24.6 Å². The minimum absolute atomic E-state index is 0.309. The number of hydrogen-bond acceptors (Lipinski definition) is 5. The highest BCUT2D eigenvalue weighted by molar-refractivity contribution is 7.85. The third-order valence-corrected chi connectivity index (χ3v) is 4.24. The highest BCUT2D eigenvalue weighted by Gasteiger charge is 2.03. The number of benzene rings is 1. The lowest BCUT2D eigenvalue weighted by atomic mass is 10.3. The van der Waals surface area contributed by atoms with Crippen molar-refractivity contribution in [2.45, 2.75) is 19.4 Å². The number of pyridine rings is 1. The van der Waals surface area contributed by atoms with Crippen molar-refractivity contribution in [3.8, 4) is 0 Å². The Morgan fingerprint density at radius 2 is 1.92 bits per heavy atom. The summed E-state index contributed by atoms with van der Waals surface area (Å²) in [5.74, 6) is -0.309. The van der Waals surface area contributed by atoms with Crippen molar-refractivity contribution in [2.24, 2.45) is 5.10 Å². The molecule has 1 aromatic heterocycles. The fraction of sp³-hybridized carbons (Fsp3) is 0.294. The van der Waals surface area contributed by atoms with E-state index in [1.807, 2.05) is 66.5 Å². The molecule has 0 fully saturated rings. The van der Waals surface area contributed by atoms with Crippen LogP contribution in [-0.2, 0) is 16.7 Å². The fourth-order valence-corrected chi connectivity index (χ4v) is 2.75. The van der Waals surface area contributed by atoms with Gasteiger partial charge in [-0.2, -0.15) is 5.10 Å². The third kappa shape index (κ3) is 6.47. The minimum Gasteiger partial charge on any atom is -0.748 e. The zero-order valence-electron chi connectivity index (χ0n) is 13.6. The van der Waals surface area contributed by atoms with Gasteiger partial charge >= 0.3 is 0 Å². The number of para-hydroxylation sites is 1. The van der Waals surface area contributed by atoms with Gasteiger partial charge in [0, 0.05) is 25.3 Å². The molecule has 0 radical (unpaired) electrons. The lowest BCUT2D eigenvalue weighted by Gasteiger charge is -2.11. The van der Waals surface area contributed by atoms with Crippen LogP contribution in [0.25, 0.3) is 0 Å². The Bertz CT molecular complexity index is 777. The lowest BCUT2D eigenvalue weighted by molar-refractivity contribution is -0.697. The number of nitrogens with zero attached hydrogens (tertiary/aromatic N) is 3. The molecule has 0 aliphatic heterocycles. The Morgan fingerprint density at radius 1 is 1.17 bits per heavy atom. The second-order valence-corrected chi connectivity index (χ2v) is 6.97. The highest BCUT2D eigenvalue weighted by Crippen LogP contribution is 2.10. The molecule has 0 spiro atoms. The molecule has 6 nitrogen and oxygen atoms in total. The van der Waals surface area contributed by atoms with Crippen molar-refractivity contribution in [2.75, 3.05) is 17.8 Å². The van der Waals surface area contributed by atoms with E-state index in [1.54, 1.807) is 11.2 Å². The summed E-state index contributed by atoms with van der Waals surface area (Å²) in [6.07, 6.45) is 6.62. The Balaban J connectivity index is 1.91. The Labute approximate surface area is 142 Å². The Hall–Kier alpha value is -2.25. The van der Waals surface area contributed by atoms with Crippen LogP contribution >= 0.6 is 0 Å². The molecule has 0 atom stereocenters. The Kier molecular flexibility index (Phi) is 6.45. The summed E-state index contributed by atoms with van der Waals surface area (Å²) in [7, 11) is -2.24. The quantitative estimate of drug-likeness (QED) is 0.240. The molecule has 0 saturated heterocycles.